The fourth-order valence-corrected chi connectivity index (χ4v) is 13.5. The average Bonchev–Trinajstić information content (AvgIpc) is 1.76. The Morgan fingerprint density at radius 2 is 0.352 bits per heavy atom. The van der Waals surface area contributed by atoms with Crippen LogP contribution in [0.5, 0.6) is 0 Å². The van der Waals surface area contributed by atoms with Gasteiger partial charge in [0.05, 0.1) is 62.6 Å². The normalized spacial score (nSPS) is 18.3. The number of hydrogen-bond donors (Lipinski definition) is 0. The van der Waals surface area contributed by atoms with Crippen LogP contribution in [-0.4, -0.2) is 182 Å². The first kappa shape index (κ1) is 97.7. The van der Waals surface area contributed by atoms with Crippen molar-refractivity contribution in [1.82, 2.24) is 24.5 Å². The lowest BCUT2D eigenvalue weighted by Crippen LogP contribution is -2.27. The highest BCUT2D eigenvalue weighted by Crippen LogP contribution is 2.26. The molecule has 0 aromatic carbocycles. The molecular formula is C85H155N5O15. The number of rotatable bonds is 55. The van der Waals surface area contributed by atoms with Crippen molar-refractivity contribution in [3.8, 4) is 0 Å². The molecule has 5 atom stereocenters. The Morgan fingerprint density at radius 1 is 0.219 bits per heavy atom. The minimum absolute atomic E-state index is 0.103. The summed E-state index contributed by atoms with van der Waals surface area (Å²) in [5.41, 5.74) is 0. The lowest BCUT2D eigenvalue weighted by Gasteiger charge is -2.16. The van der Waals surface area contributed by atoms with Crippen LogP contribution in [0.25, 0.3) is 0 Å². The molecule has 105 heavy (non-hydrogen) atoms. The number of likely N-dealkylation sites (tertiary alicyclic amines) is 5. The molecule has 5 fully saturated rings. The predicted octanol–water partition coefficient (Wildman–Crippen LogP) is 17.7. The highest BCUT2D eigenvalue weighted by molar-refractivity contribution is 5.89. The molecule has 0 aromatic rings. The summed E-state index contributed by atoms with van der Waals surface area (Å²) in [5, 5.41) is 0. The first-order valence-corrected chi connectivity index (χ1v) is 43.2. The zero-order valence-electron chi connectivity index (χ0n) is 68.7. The first-order valence-electron chi connectivity index (χ1n) is 43.2. The molecule has 20 nitrogen and oxygen atoms in total. The Balaban J connectivity index is 0.000000657. The Bertz CT molecular complexity index is 2310. The third-order valence-corrected chi connectivity index (χ3v) is 20.4. The van der Waals surface area contributed by atoms with Gasteiger partial charge in [0, 0.05) is 97.6 Å². The van der Waals surface area contributed by atoms with E-state index < -0.39 is 0 Å². The fraction of sp³-hybridized carbons (Fsp3) is 0.882. The summed E-state index contributed by atoms with van der Waals surface area (Å²) in [4.78, 5) is 128. The van der Waals surface area contributed by atoms with Crippen molar-refractivity contribution in [1.29, 1.82) is 0 Å². The molecule has 0 saturated carbocycles. The maximum absolute atomic E-state index is 12.0. The number of esters is 5. The number of carbonyl (C=O) groups is 10. The van der Waals surface area contributed by atoms with Crippen LogP contribution >= 0.6 is 0 Å². The van der Waals surface area contributed by atoms with Crippen LogP contribution in [0.2, 0.25) is 0 Å². The number of hydrogen-bond acceptors (Lipinski definition) is 15. The van der Waals surface area contributed by atoms with Crippen molar-refractivity contribution in [3.05, 3.63) is 0 Å². The number of ether oxygens (including phenoxy) is 5. The van der Waals surface area contributed by atoms with Gasteiger partial charge in [0.15, 0.2) is 0 Å². The van der Waals surface area contributed by atoms with Crippen LogP contribution in [0, 0.1) is 29.6 Å². The zero-order chi connectivity index (χ0) is 77.5. The summed E-state index contributed by atoms with van der Waals surface area (Å²) in [6.45, 7) is 30.8. The Labute approximate surface area is 638 Å². The van der Waals surface area contributed by atoms with Gasteiger partial charge in [-0.15, -0.1) is 0 Å². The quantitative estimate of drug-likeness (QED) is 0.0313. The highest BCUT2D eigenvalue weighted by atomic mass is 16.5. The van der Waals surface area contributed by atoms with Gasteiger partial charge in [0.2, 0.25) is 29.5 Å². The van der Waals surface area contributed by atoms with Crippen LogP contribution < -0.4 is 0 Å². The summed E-state index contributed by atoms with van der Waals surface area (Å²) < 4.78 is 26.3. The minimum atomic E-state index is -0.242. The van der Waals surface area contributed by atoms with Crippen molar-refractivity contribution < 1.29 is 71.6 Å². The Kier molecular flexibility index (Phi) is 61.2. The maximum atomic E-state index is 12.0. The summed E-state index contributed by atoms with van der Waals surface area (Å²) in [6.07, 6.45) is 47.2. The molecule has 0 bridgehead atoms. The third-order valence-electron chi connectivity index (χ3n) is 20.4. The van der Waals surface area contributed by atoms with Gasteiger partial charge < -0.3 is 48.2 Å². The second-order valence-corrected chi connectivity index (χ2v) is 30.1. The van der Waals surface area contributed by atoms with Crippen molar-refractivity contribution >= 4 is 59.4 Å². The van der Waals surface area contributed by atoms with Crippen molar-refractivity contribution in [2.24, 2.45) is 29.6 Å². The summed E-state index contributed by atoms with van der Waals surface area (Å²) in [7, 11) is 0. The predicted molar refractivity (Wildman–Crippen MR) is 420 cm³/mol. The van der Waals surface area contributed by atoms with E-state index in [2.05, 4.69) is 69.2 Å². The molecule has 610 valence electrons. The van der Waals surface area contributed by atoms with Crippen molar-refractivity contribution in [3.63, 3.8) is 0 Å². The van der Waals surface area contributed by atoms with Crippen LogP contribution in [-0.2, 0) is 71.6 Å². The van der Waals surface area contributed by atoms with Crippen molar-refractivity contribution in [2.45, 2.75) is 358 Å². The maximum Gasteiger partial charge on any atom is 0.311 e. The molecule has 0 aromatic heterocycles. The van der Waals surface area contributed by atoms with E-state index in [1.807, 2.05) is 24.5 Å². The molecule has 0 spiro atoms. The van der Waals surface area contributed by atoms with Crippen LogP contribution in [0.15, 0.2) is 0 Å². The molecular weight excluding hydrogens is 1330 g/mol. The van der Waals surface area contributed by atoms with E-state index in [4.69, 9.17) is 23.7 Å². The summed E-state index contributed by atoms with van der Waals surface area (Å²) in [6, 6.07) is 0. The molecule has 5 unspecified atom stereocenters. The highest BCUT2D eigenvalue weighted by Gasteiger charge is 2.39. The molecule has 20 heteroatoms. The topological polar surface area (TPSA) is 233 Å². The van der Waals surface area contributed by atoms with E-state index in [0.717, 1.165) is 180 Å². The minimum Gasteiger partial charge on any atom is -0.465 e. The van der Waals surface area contributed by atoms with Gasteiger partial charge in [-0.25, -0.2) is 0 Å². The SMILES string of the molecule is CCCCCCCCCN1CC(C(=O)OCCCCC)CC1=O.CCCCCCCCN1CC(C(=O)OCCCCC)CC1=O.CCCCCCCN1CC(C(=O)OCCCCC)CC1=O.CCCCCCN1CC(C(=O)OCCCCC)CC1=O.CCCCCOC(=O)C1CC(=O)N(CCCCC)C1. The van der Waals surface area contributed by atoms with Gasteiger partial charge in [-0.2, -0.15) is 0 Å². The fourth-order valence-electron chi connectivity index (χ4n) is 13.5. The van der Waals surface area contributed by atoms with Gasteiger partial charge in [-0.1, -0.05) is 262 Å². The van der Waals surface area contributed by atoms with E-state index in [1.54, 1.807) is 0 Å². The molecule has 0 aliphatic carbocycles. The number of nitrogens with zero attached hydrogens (tertiary/aromatic N) is 5. The largest absolute Gasteiger partial charge is 0.465 e. The molecule has 5 heterocycles. The van der Waals surface area contributed by atoms with Crippen LogP contribution in [0.3, 0.4) is 0 Å². The van der Waals surface area contributed by atoms with E-state index in [0.29, 0.717) is 97.9 Å². The lowest BCUT2D eigenvalue weighted by atomic mass is 10.1. The molecule has 5 aliphatic heterocycles. The van der Waals surface area contributed by atoms with Gasteiger partial charge >= 0.3 is 29.8 Å². The number of carbonyl (C=O) groups excluding carboxylic acids is 10. The summed E-state index contributed by atoms with van der Waals surface area (Å²) in [5.74, 6) is -1.59. The molecule has 5 rings (SSSR count). The second kappa shape index (κ2) is 65.8. The van der Waals surface area contributed by atoms with E-state index in [1.165, 1.54) is 109 Å². The van der Waals surface area contributed by atoms with E-state index in [-0.39, 0.29) is 89.0 Å². The molecule has 0 radical (unpaired) electrons. The van der Waals surface area contributed by atoms with Crippen molar-refractivity contribution in [2.75, 3.05) is 98.5 Å². The third kappa shape index (κ3) is 47.3. The van der Waals surface area contributed by atoms with Crippen LogP contribution in [0.4, 0.5) is 0 Å². The first-order chi connectivity index (χ1) is 50.9. The van der Waals surface area contributed by atoms with E-state index >= 15 is 0 Å². The molecule has 5 aliphatic rings. The average molecular weight is 1490 g/mol. The van der Waals surface area contributed by atoms with Gasteiger partial charge in [0.1, 0.15) is 0 Å². The lowest BCUT2D eigenvalue weighted by molar-refractivity contribution is -0.149. The molecule has 5 amide bonds. The summed E-state index contributed by atoms with van der Waals surface area (Å²) >= 11 is 0. The monoisotopic (exact) mass is 1490 g/mol. The smallest absolute Gasteiger partial charge is 0.311 e. The van der Waals surface area contributed by atoms with Gasteiger partial charge in [0.25, 0.3) is 0 Å². The number of amides is 5. The van der Waals surface area contributed by atoms with Gasteiger partial charge in [-0.3, -0.25) is 47.9 Å². The molecule has 0 N–H and O–H groups in total. The Hall–Kier alpha value is -5.30. The second-order valence-electron chi connectivity index (χ2n) is 30.1. The standard InChI is InChI=1S/C19H35NO3.C18H33NO3.C17H31NO3.C16H29NO3.C15H27NO3/c1-3-5-7-8-9-10-11-13-20-16-17(15-18(20)21)19(22)23-14-12-6-4-2;1-3-5-7-8-9-10-12-19-15-16(14-17(19)20)18(21)22-13-11-6-4-2;1-3-5-7-8-9-11-18-14-15(13-16(18)19)17(20)21-12-10-6-4-2;1-3-5-7-8-10-17-13-14(12-15(17)18)16(19)20-11-9-6-4-2;1-3-5-7-9-16-12-13(11-14(16)17)15(18)19-10-8-6-4-2/h17H,3-16H2,1-2H3;16H,3-15H2,1-2H3;15H,3-14H2,1-2H3;14H,3-13H2,1-2H3;13H,3-12H2,1-2H3. The Morgan fingerprint density at radius 3 is 0.533 bits per heavy atom. The number of unbranched alkanes of at least 4 members (excludes halogenated alkanes) is 30. The molecule has 5 saturated heterocycles. The zero-order valence-corrected chi connectivity index (χ0v) is 68.7. The van der Waals surface area contributed by atoms with E-state index in [9.17, 15) is 47.9 Å². The van der Waals surface area contributed by atoms with Crippen LogP contribution in [0.1, 0.15) is 358 Å². The van der Waals surface area contributed by atoms with Gasteiger partial charge in [-0.05, 0) is 64.2 Å².